The summed E-state index contributed by atoms with van der Waals surface area (Å²) in [4.78, 5) is 14.1. The van der Waals surface area contributed by atoms with Crippen LogP contribution < -0.4 is 5.32 Å². The molecule has 0 saturated heterocycles. The van der Waals surface area contributed by atoms with Crippen LogP contribution >= 0.6 is 11.8 Å². The molecule has 4 nitrogen and oxygen atoms in total. The normalized spacial score (nSPS) is 21.2. The van der Waals surface area contributed by atoms with Gasteiger partial charge in [0, 0.05) is 24.4 Å². The van der Waals surface area contributed by atoms with E-state index in [9.17, 15) is 9.90 Å². The fraction of sp³-hybridized carbons (Fsp3) is 0.562. The van der Waals surface area contributed by atoms with Crippen molar-refractivity contribution >= 4 is 17.8 Å². The molecule has 0 aliphatic heterocycles. The maximum Gasteiger partial charge on any atom is 0.318 e. The number of carbonyl (C=O) groups is 1. The molecule has 2 amide bonds. The van der Waals surface area contributed by atoms with Crippen molar-refractivity contribution in [1.29, 1.82) is 0 Å². The first-order chi connectivity index (χ1) is 10.2. The predicted molar refractivity (Wildman–Crippen MR) is 87.4 cm³/mol. The minimum atomic E-state index is -0.0705. The standard InChI is InChI=1S/C16H24N2O2S/c1-21-15-9-5-8-14(15)17-16(20)18(10-11-19)12-13-6-3-2-4-7-13/h2-4,6-7,14-15,19H,5,8-12H2,1H3,(H,17,20). The summed E-state index contributed by atoms with van der Waals surface area (Å²) >= 11 is 1.83. The Kier molecular flexibility index (Phi) is 6.39. The van der Waals surface area contributed by atoms with Crippen LogP contribution in [0.3, 0.4) is 0 Å². The molecule has 1 aliphatic rings. The summed E-state index contributed by atoms with van der Waals surface area (Å²) < 4.78 is 0. The molecule has 1 aromatic carbocycles. The molecule has 2 N–H and O–H groups in total. The van der Waals surface area contributed by atoms with Crippen LogP contribution in [0.25, 0.3) is 0 Å². The molecule has 5 heteroatoms. The summed E-state index contributed by atoms with van der Waals surface area (Å²) in [6.45, 7) is 0.873. The molecule has 1 aromatic rings. The van der Waals surface area contributed by atoms with Gasteiger partial charge < -0.3 is 15.3 Å². The van der Waals surface area contributed by atoms with E-state index in [1.54, 1.807) is 4.90 Å². The largest absolute Gasteiger partial charge is 0.395 e. The van der Waals surface area contributed by atoms with E-state index in [-0.39, 0.29) is 18.7 Å². The van der Waals surface area contributed by atoms with Gasteiger partial charge >= 0.3 is 6.03 Å². The zero-order valence-corrected chi connectivity index (χ0v) is 13.3. The minimum Gasteiger partial charge on any atom is -0.395 e. The van der Waals surface area contributed by atoms with Crippen LogP contribution in [0.2, 0.25) is 0 Å². The van der Waals surface area contributed by atoms with E-state index in [4.69, 9.17) is 0 Å². The zero-order chi connectivity index (χ0) is 15.1. The lowest BCUT2D eigenvalue weighted by Gasteiger charge is -2.26. The van der Waals surface area contributed by atoms with Gasteiger partial charge in [-0.2, -0.15) is 11.8 Å². The summed E-state index contributed by atoms with van der Waals surface area (Å²) in [7, 11) is 0. The molecule has 116 valence electrons. The number of aliphatic hydroxyl groups is 1. The molecule has 2 rings (SSSR count). The third-order valence-corrected chi connectivity index (χ3v) is 5.11. The maximum atomic E-state index is 12.4. The van der Waals surface area contributed by atoms with Crippen molar-refractivity contribution in [2.45, 2.75) is 37.1 Å². The van der Waals surface area contributed by atoms with E-state index < -0.39 is 0 Å². The maximum absolute atomic E-state index is 12.4. The Bertz CT molecular complexity index is 441. The molecule has 1 fully saturated rings. The van der Waals surface area contributed by atoms with Crippen molar-refractivity contribution in [3.05, 3.63) is 35.9 Å². The number of hydrogen-bond acceptors (Lipinski definition) is 3. The Morgan fingerprint density at radius 3 is 2.81 bits per heavy atom. The van der Waals surface area contributed by atoms with Crippen LogP contribution in [0.15, 0.2) is 30.3 Å². The van der Waals surface area contributed by atoms with Gasteiger partial charge in [0.15, 0.2) is 0 Å². The third-order valence-electron chi connectivity index (χ3n) is 3.94. The highest BCUT2D eigenvalue weighted by molar-refractivity contribution is 7.99. The average molecular weight is 308 g/mol. The lowest BCUT2D eigenvalue weighted by molar-refractivity contribution is 0.171. The first kappa shape index (κ1) is 16.2. The van der Waals surface area contributed by atoms with Crippen molar-refractivity contribution in [3.8, 4) is 0 Å². The van der Waals surface area contributed by atoms with Crippen LogP contribution in [-0.4, -0.2) is 46.7 Å². The van der Waals surface area contributed by atoms with E-state index in [0.29, 0.717) is 18.3 Å². The molecule has 0 bridgehead atoms. The van der Waals surface area contributed by atoms with Gasteiger partial charge in [0.1, 0.15) is 0 Å². The zero-order valence-electron chi connectivity index (χ0n) is 12.5. The van der Waals surface area contributed by atoms with E-state index in [1.807, 2.05) is 42.1 Å². The highest BCUT2D eigenvalue weighted by Crippen LogP contribution is 2.28. The quantitative estimate of drug-likeness (QED) is 0.849. The highest BCUT2D eigenvalue weighted by atomic mass is 32.2. The van der Waals surface area contributed by atoms with E-state index in [2.05, 4.69) is 11.6 Å². The average Bonchev–Trinajstić information content (AvgIpc) is 2.95. The lowest BCUT2D eigenvalue weighted by atomic mass is 10.2. The molecule has 1 saturated carbocycles. The number of rotatable bonds is 6. The molecule has 2 unspecified atom stereocenters. The summed E-state index contributed by atoms with van der Waals surface area (Å²) in [6.07, 6.45) is 5.50. The van der Waals surface area contributed by atoms with Crippen LogP contribution in [0.4, 0.5) is 4.79 Å². The van der Waals surface area contributed by atoms with E-state index in [1.165, 1.54) is 12.8 Å². The van der Waals surface area contributed by atoms with Gasteiger partial charge in [-0.1, -0.05) is 36.8 Å². The lowest BCUT2D eigenvalue weighted by Crippen LogP contribution is -2.47. The summed E-state index contributed by atoms with van der Waals surface area (Å²) in [5.74, 6) is 0. The first-order valence-corrected chi connectivity index (χ1v) is 8.76. The molecule has 1 aliphatic carbocycles. The number of nitrogens with zero attached hydrogens (tertiary/aromatic N) is 1. The molecule has 0 spiro atoms. The van der Waals surface area contributed by atoms with Gasteiger partial charge in [-0.05, 0) is 24.7 Å². The van der Waals surface area contributed by atoms with Crippen molar-refractivity contribution in [2.24, 2.45) is 0 Å². The fourth-order valence-corrected chi connectivity index (χ4v) is 3.74. The Hall–Kier alpha value is -1.20. The number of hydrogen-bond donors (Lipinski definition) is 2. The van der Waals surface area contributed by atoms with Gasteiger partial charge in [-0.3, -0.25) is 0 Å². The second-order valence-corrected chi connectivity index (χ2v) is 6.47. The smallest absolute Gasteiger partial charge is 0.318 e. The SMILES string of the molecule is CSC1CCCC1NC(=O)N(CCO)Cc1ccccc1. The molecular weight excluding hydrogens is 284 g/mol. The highest BCUT2D eigenvalue weighted by Gasteiger charge is 2.29. The second kappa shape index (κ2) is 8.29. The van der Waals surface area contributed by atoms with E-state index >= 15 is 0 Å². The number of amides is 2. The van der Waals surface area contributed by atoms with Crippen LogP contribution in [0, 0.1) is 0 Å². The van der Waals surface area contributed by atoms with Crippen LogP contribution in [-0.2, 0) is 6.54 Å². The number of nitrogens with one attached hydrogen (secondary N) is 1. The van der Waals surface area contributed by atoms with Crippen LogP contribution in [0.1, 0.15) is 24.8 Å². The minimum absolute atomic E-state index is 0.0170. The first-order valence-electron chi connectivity index (χ1n) is 7.47. The monoisotopic (exact) mass is 308 g/mol. The Labute approximate surface area is 130 Å². The molecule has 2 atom stereocenters. The van der Waals surface area contributed by atoms with Gasteiger partial charge in [0.2, 0.25) is 0 Å². The fourth-order valence-electron chi connectivity index (χ4n) is 2.80. The van der Waals surface area contributed by atoms with Crippen molar-refractivity contribution < 1.29 is 9.90 Å². The third kappa shape index (κ3) is 4.64. The summed E-state index contributed by atoms with van der Waals surface area (Å²) in [5, 5.41) is 12.9. The topological polar surface area (TPSA) is 52.6 Å². The summed E-state index contributed by atoms with van der Waals surface area (Å²) in [5.41, 5.74) is 1.08. The Morgan fingerprint density at radius 1 is 1.38 bits per heavy atom. The van der Waals surface area contributed by atoms with Gasteiger partial charge in [-0.25, -0.2) is 4.79 Å². The summed E-state index contributed by atoms with van der Waals surface area (Å²) in [6, 6.07) is 10.1. The van der Waals surface area contributed by atoms with Crippen LogP contribution in [0.5, 0.6) is 0 Å². The van der Waals surface area contributed by atoms with Crippen molar-refractivity contribution in [1.82, 2.24) is 10.2 Å². The van der Waals surface area contributed by atoms with Gasteiger partial charge in [-0.15, -0.1) is 0 Å². The Morgan fingerprint density at radius 2 is 2.14 bits per heavy atom. The molecule has 0 radical (unpaired) electrons. The number of aliphatic hydroxyl groups excluding tert-OH is 1. The van der Waals surface area contributed by atoms with Crippen molar-refractivity contribution in [2.75, 3.05) is 19.4 Å². The molecule has 21 heavy (non-hydrogen) atoms. The van der Waals surface area contributed by atoms with Crippen molar-refractivity contribution in [3.63, 3.8) is 0 Å². The molecule has 0 heterocycles. The van der Waals surface area contributed by atoms with Gasteiger partial charge in [0.05, 0.1) is 6.61 Å². The second-order valence-electron chi connectivity index (χ2n) is 5.39. The Balaban J connectivity index is 1.95. The number of thioether (sulfide) groups is 1. The van der Waals surface area contributed by atoms with E-state index in [0.717, 1.165) is 12.0 Å². The van der Waals surface area contributed by atoms with Gasteiger partial charge in [0.25, 0.3) is 0 Å². The number of carbonyl (C=O) groups excluding carboxylic acids is 1. The predicted octanol–water partition coefficient (Wildman–Crippen LogP) is 2.47. The number of urea groups is 1. The molecular formula is C16H24N2O2S. The number of benzene rings is 1. The molecule has 0 aromatic heterocycles.